The summed E-state index contributed by atoms with van der Waals surface area (Å²) in [5.74, 6) is 0. The minimum absolute atomic E-state index is 0.561. The predicted octanol–water partition coefficient (Wildman–Crippen LogP) is 3.59. The van der Waals surface area contributed by atoms with Crippen molar-refractivity contribution in [3.63, 3.8) is 0 Å². The van der Waals surface area contributed by atoms with Gasteiger partial charge in [-0.15, -0.1) is 0 Å². The fourth-order valence-corrected chi connectivity index (χ4v) is 2.37. The summed E-state index contributed by atoms with van der Waals surface area (Å²) in [5.41, 5.74) is 2.83. The van der Waals surface area contributed by atoms with Gasteiger partial charge in [0.2, 0.25) is 0 Å². The van der Waals surface area contributed by atoms with Gasteiger partial charge in [0.15, 0.2) is 0 Å². The van der Waals surface area contributed by atoms with Crippen LogP contribution in [0.2, 0.25) is 0 Å². The van der Waals surface area contributed by atoms with Gasteiger partial charge in [0.05, 0.1) is 0 Å². The largest absolute Gasteiger partial charge is 0.313 e. The second-order valence-electron chi connectivity index (χ2n) is 5.85. The Balaban J connectivity index is 2.60. The first kappa shape index (κ1) is 16.2. The second kappa shape index (κ2) is 8.34. The molecule has 1 atom stereocenters. The first-order chi connectivity index (χ1) is 9.04. The normalized spacial score (nSPS) is 13.2. The molecule has 108 valence electrons. The lowest BCUT2D eigenvalue weighted by Crippen LogP contribution is -2.41. The molecular weight excluding hydrogens is 232 g/mol. The van der Waals surface area contributed by atoms with Crippen LogP contribution in [0, 0.1) is 6.92 Å². The van der Waals surface area contributed by atoms with Crippen LogP contribution in [0.25, 0.3) is 0 Å². The molecule has 0 bridgehead atoms. The molecule has 0 aliphatic rings. The summed E-state index contributed by atoms with van der Waals surface area (Å²) in [7, 11) is 2.24. The third-order valence-electron chi connectivity index (χ3n) is 3.69. The van der Waals surface area contributed by atoms with Crippen LogP contribution in [0.15, 0.2) is 24.3 Å². The maximum absolute atomic E-state index is 3.57. The van der Waals surface area contributed by atoms with Gasteiger partial charge in [0.25, 0.3) is 0 Å². The van der Waals surface area contributed by atoms with Gasteiger partial charge in [0.1, 0.15) is 0 Å². The monoisotopic (exact) mass is 262 g/mol. The van der Waals surface area contributed by atoms with Gasteiger partial charge in [-0.3, -0.25) is 4.90 Å². The fourth-order valence-electron chi connectivity index (χ4n) is 2.37. The Morgan fingerprint density at radius 2 is 1.89 bits per heavy atom. The van der Waals surface area contributed by atoms with Crippen molar-refractivity contribution in [3.05, 3.63) is 35.4 Å². The summed E-state index contributed by atoms with van der Waals surface area (Å²) >= 11 is 0. The summed E-state index contributed by atoms with van der Waals surface area (Å²) in [4.78, 5) is 2.49. The predicted molar refractivity (Wildman–Crippen MR) is 84.5 cm³/mol. The molecule has 19 heavy (non-hydrogen) atoms. The molecule has 0 aliphatic heterocycles. The van der Waals surface area contributed by atoms with Crippen LogP contribution in [0.1, 0.15) is 44.7 Å². The Bertz CT molecular complexity index is 360. The smallest absolute Gasteiger partial charge is 0.0236 e. The summed E-state index contributed by atoms with van der Waals surface area (Å²) in [6.45, 7) is 11.0. The van der Waals surface area contributed by atoms with Crippen LogP contribution >= 0.6 is 0 Å². The van der Waals surface area contributed by atoms with E-state index >= 15 is 0 Å². The van der Waals surface area contributed by atoms with Crippen LogP contribution in [0.4, 0.5) is 0 Å². The van der Waals surface area contributed by atoms with E-state index in [4.69, 9.17) is 0 Å². The van der Waals surface area contributed by atoms with Crippen molar-refractivity contribution in [1.82, 2.24) is 10.2 Å². The van der Waals surface area contributed by atoms with E-state index < -0.39 is 0 Å². The lowest BCUT2D eigenvalue weighted by molar-refractivity contribution is 0.211. The third-order valence-corrected chi connectivity index (χ3v) is 3.69. The van der Waals surface area contributed by atoms with Gasteiger partial charge in [-0.1, -0.05) is 51.5 Å². The fraction of sp³-hybridized carbons (Fsp3) is 0.647. The van der Waals surface area contributed by atoms with Crippen molar-refractivity contribution in [3.8, 4) is 0 Å². The number of likely N-dealkylation sites (N-methyl/N-ethyl adjacent to an activating group) is 1. The van der Waals surface area contributed by atoms with Crippen LogP contribution in [0.5, 0.6) is 0 Å². The van der Waals surface area contributed by atoms with Crippen LogP contribution < -0.4 is 5.32 Å². The SMILES string of the molecule is CCCC(CNC(C)C)N(C)Cc1ccccc1C. The lowest BCUT2D eigenvalue weighted by atomic mass is 10.1. The van der Waals surface area contributed by atoms with Crippen LogP contribution in [-0.2, 0) is 6.54 Å². The Morgan fingerprint density at radius 3 is 2.47 bits per heavy atom. The van der Waals surface area contributed by atoms with Gasteiger partial charge in [-0.05, 0) is 31.5 Å². The van der Waals surface area contributed by atoms with Crippen LogP contribution in [0.3, 0.4) is 0 Å². The number of hydrogen-bond donors (Lipinski definition) is 1. The number of nitrogens with one attached hydrogen (secondary N) is 1. The van der Waals surface area contributed by atoms with E-state index in [-0.39, 0.29) is 0 Å². The highest BCUT2D eigenvalue weighted by molar-refractivity contribution is 5.25. The zero-order valence-corrected chi connectivity index (χ0v) is 13.2. The van der Waals surface area contributed by atoms with Gasteiger partial charge in [0, 0.05) is 25.2 Å². The maximum atomic E-state index is 3.57. The molecule has 0 aliphatic carbocycles. The third kappa shape index (κ3) is 5.75. The van der Waals surface area contributed by atoms with E-state index in [1.54, 1.807) is 0 Å². The molecule has 1 N–H and O–H groups in total. The molecule has 1 unspecified atom stereocenters. The van der Waals surface area contributed by atoms with Crippen molar-refractivity contribution >= 4 is 0 Å². The highest BCUT2D eigenvalue weighted by Gasteiger charge is 2.14. The van der Waals surface area contributed by atoms with E-state index in [1.165, 1.54) is 24.0 Å². The molecule has 0 radical (unpaired) electrons. The molecule has 0 fully saturated rings. The average molecular weight is 262 g/mol. The molecule has 2 nitrogen and oxygen atoms in total. The molecule has 0 spiro atoms. The molecule has 0 saturated heterocycles. The molecule has 1 aromatic carbocycles. The summed E-state index contributed by atoms with van der Waals surface area (Å²) < 4.78 is 0. The van der Waals surface area contributed by atoms with Crippen molar-refractivity contribution in [2.24, 2.45) is 0 Å². The molecular formula is C17H30N2. The number of rotatable bonds is 8. The summed E-state index contributed by atoms with van der Waals surface area (Å²) in [6, 6.07) is 9.87. The average Bonchev–Trinajstić information content (AvgIpc) is 2.37. The molecule has 0 heterocycles. The first-order valence-electron chi connectivity index (χ1n) is 7.52. The molecule has 1 rings (SSSR count). The maximum Gasteiger partial charge on any atom is 0.0236 e. The number of benzene rings is 1. The Labute approximate surface area is 119 Å². The molecule has 0 amide bonds. The minimum Gasteiger partial charge on any atom is -0.313 e. The van der Waals surface area contributed by atoms with Crippen LogP contribution in [-0.4, -0.2) is 30.6 Å². The van der Waals surface area contributed by atoms with E-state index in [0.717, 1.165) is 13.1 Å². The Morgan fingerprint density at radius 1 is 1.21 bits per heavy atom. The number of aryl methyl sites for hydroxylation is 1. The minimum atomic E-state index is 0.561. The van der Waals surface area contributed by atoms with E-state index in [1.807, 2.05) is 0 Å². The van der Waals surface area contributed by atoms with E-state index in [9.17, 15) is 0 Å². The molecule has 2 heteroatoms. The highest BCUT2D eigenvalue weighted by Crippen LogP contribution is 2.13. The number of nitrogens with zero attached hydrogens (tertiary/aromatic N) is 1. The topological polar surface area (TPSA) is 15.3 Å². The van der Waals surface area contributed by atoms with Gasteiger partial charge >= 0.3 is 0 Å². The summed E-state index contributed by atoms with van der Waals surface area (Å²) in [5, 5.41) is 3.57. The second-order valence-corrected chi connectivity index (χ2v) is 5.85. The number of hydrogen-bond acceptors (Lipinski definition) is 2. The standard InChI is InChI=1S/C17H30N2/c1-6-9-17(12-18-14(2)3)19(5)13-16-11-8-7-10-15(16)4/h7-8,10-11,14,17-18H,6,9,12-13H2,1-5H3. The Kier molecular flexibility index (Phi) is 7.11. The van der Waals surface area contributed by atoms with Gasteiger partial charge < -0.3 is 5.32 Å². The van der Waals surface area contributed by atoms with E-state index in [0.29, 0.717) is 12.1 Å². The van der Waals surface area contributed by atoms with Crippen molar-refractivity contribution in [2.75, 3.05) is 13.6 Å². The molecule has 0 aromatic heterocycles. The quantitative estimate of drug-likeness (QED) is 0.770. The molecule has 1 aromatic rings. The van der Waals surface area contributed by atoms with Crippen molar-refractivity contribution in [2.45, 2.75) is 59.2 Å². The highest BCUT2D eigenvalue weighted by atomic mass is 15.1. The van der Waals surface area contributed by atoms with Crippen molar-refractivity contribution < 1.29 is 0 Å². The van der Waals surface area contributed by atoms with Crippen molar-refractivity contribution in [1.29, 1.82) is 0 Å². The van der Waals surface area contributed by atoms with E-state index in [2.05, 4.69) is 69.2 Å². The zero-order chi connectivity index (χ0) is 14.3. The zero-order valence-electron chi connectivity index (χ0n) is 13.2. The lowest BCUT2D eigenvalue weighted by Gasteiger charge is -2.29. The van der Waals surface area contributed by atoms with Gasteiger partial charge in [-0.2, -0.15) is 0 Å². The Hall–Kier alpha value is -0.860. The first-order valence-corrected chi connectivity index (χ1v) is 7.52. The molecule has 0 saturated carbocycles. The van der Waals surface area contributed by atoms with Gasteiger partial charge in [-0.25, -0.2) is 0 Å². The summed E-state index contributed by atoms with van der Waals surface area (Å²) in [6.07, 6.45) is 2.49.